The zero-order chi connectivity index (χ0) is 22.4. The van der Waals surface area contributed by atoms with Crippen LogP contribution in [0.5, 0.6) is 5.75 Å². The smallest absolute Gasteiger partial charge is 0.341 e. The molecule has 1 saturated heterocycles. The quantitative estimate of drug-likeness (QED) is 0.261. The molecule has 0 radical (unpaired) electrons. The predicted octanol–water partition coefficient (Wildman–Crippen LogP) is 3.78. The van der Waals surface area contributed by atoms with Crippen molar-refractivity contribution in [2.24, 2.45) is 4.99 Å². The van der Waals surface area contributed by atoms with Crippen LogP contribution in [-0.4, -0.2) is 57.3 Å². The average molecular weight is 557 g/mol. The van der Waals surface area contributed by atoms with Crippen LogP contribution in [0.4, 0.5) is 4.39 Å². The minimum atomic E-state index is -0.443. The summed E-state index contributed by atoms with van der Waals surface area (Å²) in [6, 6.07) is 11.7. The first-order chi connectivity index (χ1) is 14.9. The number of nitrogens with zero attached hydrogens (tertiary/aromatic N) is 2. The lowest BCUT2D eigenvalue weighted by atomic mass is 10.1. The largest absolute Gasteiger partial charge is 0.496 e. The number of guanidine groups is 1. The van der Waals surface area contributed by atoms with Gasteiger partial charge in [-0.05, 0) is 42.3 Å². The van der Waals surface area contributed by atoms with Crippen molar-refractivity contribution in [3.63, 3.8) is 0 Å². The molecule has 1 fully saturated rings. The van der Waals surface area contributed by atoms with Gasteiger partial charge in [-0.15, -0.1) is 24.0 Å². The van der Waals surface area contributed by atoms with Gasteiger partial charge in [-0.1, -0.05) is 18.2 Å². The van der Waals surface area contributed by atoms with Crippen molar-refractivity contribution >= 4 is 35.9 Å². The first kappa shape index (κ1) is 25.9. The Balaban J connectivity index is 0.00000363. The molecule has 9 heteroatoms. The molecule has 0 amide bonds. The van der Waals surface area contributed by atoms with Crippen LogP contribution >= 0.6 is 24.0 Å². The van der Waals surface area contributed by atoms with E-state index in [0.29, 0.717) is 30.9 Å². The number of hydrogen-bond acceptors (Lipinski definition) is 5. The van der Waals surface area contributed by atoms with Gasteiger partial charge in [0.05, 0.1) is 26.9 Å². The molecule has 3 rings (SSSR count). The molecule has 2 aromatic carbocycles. The maximum Gasteiger partial charge on any atom is 0.341 e. The fraction of sp³-hybridized carbons (Fsp3) is 0.391. The minimum Gasteiger partial charge on any atom is -0.496 e. The van der Waals surface area contributed by atoms with Gasteiger partial charge in [-0.25, -0.2) is 9.18 Å². The van der Waals surface area contributed by atoms with E-state index in [4.69, 9.17) is 14.2 Å². The zero-order valence-corrected chi connectivity index (χ0v) is 21.0. The van der Waals surface area contributed by atoms with Crippen molar-refractivity contribution in [1.82, 2.24) is 10.2 Å². The Labute approximate surface area is 205 Å². The summed E-state index contributed by atoms with van der Waals surface area (Å²) in [5.41, 5.74) is 2.24. The van der Waals surface area contributed by atoms with E-state index in [2.05, 4.69) is 15.2 Å². The molecule has 1 aliphatic rings. The number of benzene rings is 2. The lowest BCUT2D eigenvalue weighted by Crippen LogP contribution is -2.50. The number of esters is 1. The maximum atomic E-state index is 13.3. The number of nitrogens with one attached hydrogen (secondary N) is 1. The summed E-state index contributed by atoms with van der Waals surface area (Å²) >= 11 is 0. The number of carbonyl (C=O) groups is 1. The van der Waals surface area contributed by atoms with E-state index in [1.807, 2.05) is 13.0 Å². The number of ether oxygens (including phenoxy) is 3. The van der Waals surface area contributed by atoms with Crippen LogP contribution in [0.1, 0.15) is 34.5 Å². The third kappa shape index (κ3) is 6.32. The van der Waals surface area contributed by atoms with E-state index in [1.54, 1.807) is 31.3 Å². The monoisotopic (exact) mass is 557 g/mol. The predicted molar refractivity (Wildman–Crippen MR) is 131 cm³/mol. The van der Waals surface area contributed by atoms with E-state index in [9.17, 15) is 9.18 Å². The third-order valence-electron chi connectivity index (χ3n) is 5.14. The highest BCUT2D eigenvalue weighted by Crippen LogP contribution is 2.26. The summed E-state index contributed by atoms with van der Waals surface area (Å²) in [5.74, 6) is 0.479. The molecular weight excluding hydrogens is 528 g/mol. The number of rotatable bonds is 5. The maximum absolute atomic E-state index is 13.3. The van der Waals surface area contributed by atoms with Gasteiger partial charge in [-0.2, -0.15) is 0 Å². The summed E-state index contributed by atoms with van der Waals surface area (Å²) in [5, 5.41) is 3.36. The van der Waals surface area contributed by atoms with Crippen LogP contribution in [0.15, 0.2) is 47.5 Å². The summed E-state index contributed by atoms with van der Waals surface area (Å²) < 4.78 is 29.5. The highest BCUT2D eigenvalue weighted by atomic mass is 127. The normalized spacial score (nSPS) is 18.5. The molecule has 0 aliphatic carbocycles. The van der Waals surface area contributed by atoms with Gasteiger partial charge in [0, 0.05) is 20.1 Å². The molecule has 2 aromatic rings. The molecule has 0 spiro atoms. The molecule has 1 aliphatic heterocycles. The molecule has 2 atom stereocenters. The standard InChI is InChI=1S/C23H28FN3O4.HI/c1-15-13-27(14-21(31-15)17-6-8-18(24)9-7-17)23(25-2)26-12-16-5-10-19(22(28)30-4)20(11-16)29-3;/h5-11,15,21H,12-14H2,1-4H3,(H,25,26);1H. The first-order valence-electron chi connectivity index (χ1n) is 10.1. The van der Waals surface area contributed by atoms with Crippen LogP contribution in [0.25, 0.3) is 0 Å². The van der Waals surface area contributed by atoms with Crippen molar-refractivity contribution in [2.45, 2.75) is 25.7 Å². The van der Waals surface area contributed by atoms with Crippen molar-refractivity contribution in [1.29, 1.82) is 0 Å². The van der Waals surface area contributed by atoms with Crippen LogP contribution in [0.2, 0.25) is 0 Å². The van der Waals surface area contributed by atoms with Crippen molar-refractivity contribution < 1.29 is 23.4 Å². The molecule has 32 heavy (non-hydrogen) atoms. The zero-order valence-electron chi connectivity index (χ0n) is 18.6. The van der Waals surface area contributed by atoms with Crippen molar-refractivity contribution in [3.05, 3.63) is 65.0 Å². The highest BCUT2D eigenvalue weighted by molar-refractivity contribution is 14.0. The van der Waals surface area contributed by atoms with Crippen molar-refractivity contribution in [2.75, 3.05) is 34.4 Å². The van der Waals surface area contributed by atoms with E-state index >= 15 is 0 Å². The Bertz CT molecular complexity index is 939. The lowest BCUT2D eigenvalue weighted by Gasteiger charge is -2.38. The summed E-state index contributed by atoms with van der Waals surface area (Å²) in [6.07, 6.45) is -0.191. The lowest BCUT2D eigenvalue weighted by molar-refractivity contribution is -0.0605. The van der Waals surface area contributed by atoms with E-state index < -0.39 is 5.97 Å². The van der Waals surface area contributed by atoms with Crippen LogP contribution in [-0.2, 0) is 16.0 Å². The second-order valence-corrected chi connectivity index (χ2v) is 7.32. The molecule has 7 nitrogen and oxygen atoms in total. The first-order valence-corrected chi connectivity index (χ1v) is 10.1. The summed E-state index contributed by atoms with van der Waals surface area (Å²) in [4.78, 5) is 18.4. The highest BCUT2D eigenvalue weighted by Gasteiger charge is 2.28. The van der Waals surface area contributed by atoms with Crippen LogP contribution in [0.3, 0.4) is 0 Å². The number of carbonyl (C=O) groups excluding carboxylic acids is 1. The number of halogens is 2. The van der Waals surface area contributed by atoms with E-state index in [-0.39, 0.29) is 42.0 Å². The van der Waals surface area contributed by atoms with Crippen LogP contribution < -0.4 is 10.1 Å². The van der Waals surface area contributed by atoms with Gasteiger partial charge in [0.15, 0.2) is 5.96 Å². The molecule has 1 heterocycles. The third-order valence-corrected chi connectivity index (χ3v) is 5.14. The topological polar surface area (TPSA) is 72.4 Å². The number of hydrogen-bond donors (Lipinski definition) is 1. The van der Waals surface area contributed by atoms with E-state index in [0.717, 1.165) is 17.1 Å². The molecule has 2 unspecified atom stereocenters. The van der Waals surface area contributed by atoms with Gasteiger partial charge in [0.25, 0.3) is 0 Å². The summed E-state index contributed by atoms with van der Waals surface area (Å²) in [6.45, 7) is 3.78. The Morgan fingerprint density at radius 2 is 1.94 bits per heavy atom. The molecule has 174 valence electrons. The summed E-state index contributed by atoms with van der Waals surface area (Å²) in [7, 11) is 4.59. The molecule has 1 N–H and O–H groups in total. The van der Waals surface area contributed by atoms with E-state index in [1.165, 1.54) is 26.4 Å². The van der Waals surface area contributed by atoms with Gasteiger partial charge >= 0.3 is 5.97 Å². The number of morpholine rings is 1. The average Bonchev–Trinajstić information content (AvgIpc) is 2.79. The van der Waals surface area contributed by atoms with Gasteiger partial charge in [0.1, 0.15) is 23.2 Å². The number of aliphatic imine (C=N–C) groups is 1. The van der Waals surface area contributed by atoms with Crippen molar-refractivity contribution in [3.8, 4) is 5.75 Å². The Morgan fingerprint density at radius 3 is 2.56 bits per heavy atom. The van der Waals surface area contributed by atoms with Crippen LogP contribution in [0, 0.1) is 5.82 Å². The molecule has 0 bridgehead atoms. The van der Waals surface area contributed by atoms with Gasteiger partial charge in [-0.3, -0.25) is 4.99 Å². The Kier molecular flexibility index (Phi) is 9.70. The Hall–Kier alpha value is -2.40. The van der Waals surface area contributed by atoms with Gasteiger partial charge in [0.2, 0.25) is 0 Å². The molecular formula is C23H29FIN3O4. The Morgan fingerprint density at radius 1 is 1.22 bits per heavy atom. The number of methoxy groups -OCH3 is 2. The molecule has 0 saturated carbocycles. The fourth-order valence-corrected chi connectivity index (χ4v) is 3.62. The second-order valence-electron chi connectivity index (χ2n) is 7.32. The fourth-order valence-electron chi connectivity index (χ4n) is 3.62. The van der Waals surface area contributed by atoms with Gasteiger partial charge < -0.3 is 24.4 Å². The second kappa shape index (κ2) is 12.0. The molecule has 0 aromatic heterocycles. The minimum absolute atomic E-state index is 0. The SMILES string of the molecule is CN=C(NCc1ccc(C(=O)OC)c(OC)c1)N1CC(C)OC(c2ccc(F)cc2)C1.I.